The molecule has 0 saturated heterocycles. The molecule has 0 amide bonds. The first kappa shape index (κ1) is 10.9. The summed E-state index contributed by atoms with van der Waals surface area (Å²) in [5, 5.41) is 8.41. The van der Waals surface area contributed by atoms with Gasteiger partial charge in [-0.15, -0.1) is 0 Å². The molecule has 5 heteroatoms. The van der Waals surface area contributed by atoms with Gasteiger partial charge < -0.3 is 9.84 Å². The van der Waals surface area contributed by atoms with Gasteiger partial charge in [-0.1, -0.05) is 12.1 Å². The van der Waals surface area contributed by atoms with Crippen LogP contribution < -0.4 is 4.74 Å². The Morgan fingerprint density at radius 2 is 2.19 bits per heavy atom. The van der Waals surface area contributed by atoms with Crippen LogP contribution in [0.4, 0.5) is 8.78 Å². The Balaban J connectivity index is 2.40. The van der Waals surface area contributed by atoms with Gasteiger partial charge in [0.1, 0.15) is 5.75 Å². The predicted octanol–water partition coefficient (Wildman–Crippen LogP) is 2.19. The minimum absolute atomic E-state index is 0.365. The molecule has 2 rings (SSSR count). The molecule has 0 aliphatic carbocycles. The van der Waals surface area contributed by atoms with Crippen molar-refractivity contribution in [3.8, 4) is 5.75 Å². The van der Waals surface area contributed by atoms with E-state index >= 15 is 0 Å². The fraction of sp³-hybridized carbons (Fsp3) is 0.364. The third-order valence-corrected chi connectivity index (χ3v) is 2.55. The van der Waals surface area contributed by atoms with Gasteiger partial charge in [-0.2, -0.15) is 8.78 Å². The number of rotatable bonds is 2. The minimum Gasteiger partial charge on any atom is -0.493 e. The maximum Gasteiger partial charge on any atom is 0.379 e. The lowest BCUT2D eigenvalue weighted by Gasteiger charge is -2.19. The zero-order valence-electron chi connectivity index (χ0n) is 8.37. The largest absolute Gasteiger partial charge is 0.493 e. The molecular weight excluding hydrogens is 218 g/mol. The van der Waals surface area contributed by atoms with E-state index in [9.17, 15) is 13.6 Å². The van der Waals surface area contributed by atoms with E-state index in [-0.39, 0.29) is 0 Å². The third kappa shape index (κ3) is 1.73. The first-order valence-corrected chi connectivity index (χ1v) is 4.89. The number of hydrogen-bond acceptors (Lipinski definition) is 2. The standard InChI is InChI=1S/C11H10F2O3/c12-11(13,10(14)15)8-4-3-7-2-1-5-16-9(7)6-8/h3-4,6H,1-2,5H2,(H,14,15). The lowest BCUT2D eigenvalue weighted by atomic mass is 10.0. The fourth-order valence-electron chi connectivity index (χ4n) is 1.66. The number of hydrogen-bond donors (Lipinski definition) is 1. The summed E-state index contributed by atoms with van der Waals surface area (Å²) in [6, 6.07) is 3.75. The fourth-order valence-corrected chi connectivity index (χ4v) is 1.66. The molecule has 1 aliphatic rings. The monoisotopic (exact) mass is 228 g/mol. The molecule has 1 heterocycles. The van der Waals surface area contributed by atoms with Gasteiger partial charge in [-0.05, 0) is 24.5 Å². The van der Waals surface area contributed by atoms with Crippen LogP contribution in [-0.2, 0) is 17.1 Å². The molecule has 0 aromatic heterocycles. The van der Waals surface area contributed by atoms with Crippen LogP contribution in [-0.4, -0.2) is 17.7 Å². The topological polar surface area (TPSA) is 46.5 Å². The van der Waals surface area contributed by atoms with Crippen LogP contribution in [0, 0.1) is 0 Å². The average molecular weight is 228 g/mol. The van der Waals surface area contributed by atoms with Crippen molar-refractivity contribution in [1.29, 1.82) is 0 Å². The minimum atomic E-state index is -3.87. The normalized spacial score (nSPS) is 15.1. The molecule has 0 unspecified atom stereocenters. The van der Waals surface area contributed by atoms with Gasteiger partial charge in [-0.3, -0.25) is 0 Å². The summed E-state index contributed by atoms with van der Waals surface area (Å²) < 4.78 is 31.6. The van der Waals surface area contributed by atoms with E-state index in [0.29, 0.717) is 12.4 Å². The number of carboxylic acid groups (broad SMARTS) is 1. The van der Waals surface area contributed by atoms with Gasteiger partial charge in [0.15, 0.2) is 0 Å². The third-order valence-electron chi connectivity index (χ3n) is 2.55. The van der Waals surface area contributed by atoms with Gasteiger partial charge in [0, 0.05) is 5.56 Å². The number of aliphatic carboxylic acids is 1. The Kier molecular flexibility index (Phi) is 2.53. The second kappa shape index (κ2) is 3.73. The SMILES string of the molecule is O=C(O)C(F)(F)c1ccc2c(c1)OCCC2. The van der Waals surface area contributed by atoms with Crippen molar-refractivity contribution in [2.45, 2.75) is 18.8 Å². The number of alkyl halides is 2. The van der Waals surface area contributed by atoms with E-state index in [2.05, 4.69) is 0 Å². The maximum atomic E-state index is 13.2. The van der Waals surface area contributed by atoms with Crippen molar-refractivity contribution in [1.82, 2.24) is 0 Å². The zero-order valence-corrected chi connectivity index (χ0v) is 8.37. The van der Waals surface area contributed by atoms with Crippen LogP contribution in [0.1, 0.15) is 17.5 Å². The first-order chi connectivity index (χ1) is 7.51. The van der Waals surface area contributed by atoms with Crippen molar-refractivity contribution in [2.24, 2.45) is 0 Å². The molecule has 0 atom stereocenters. The molecular formula is C11H10F2O3. The summed E-state index contributed by atoms with van der Waals surface area (Å²) in [7, 11) is 0. The predicted molar refractivity (Wildman–Crippen MR) is 51.8 cm³/mol. The van der Waals surface area contributed by atoms with Crippen LogP contribution in [0.3, 0.4) is 0 Å². The van der Waals surface area contributed by atoms with Crippen LogP contribution in [0.15, 0.2) is 18.2 Å². The maximum absolute atomic E-state index is 13.2. The molecule has 0 bridgehead atoms. The smallest absolute Gasteiger partial charge is 0.379 e. The lowest BCUT2D eigenvalue weighted by Crippen LogP contribution is -2.25. The molecule has 1 aromatic rings. The first-order valence-electron chi connectivity index (χ1n) is 4.89. The van der Waals surface area contributed by atoms with Crippen LogP contribution in [0.5, 0.6) is 5.75 Å². The van der Waals surface area contributed by atoms with Gasteiger partial charge >= 0.3 is 11.9 Å². The highest BCUT2D eigenvalue weighted by molar-refractivity contribution is 5.77. The van der Waals surface area contributed by atoms with Gasteiger partial charge in [0.25, 0.3) is 0 Å². The van der Waals surface area contributed by atoms with Crippen molar-refractivity contribution in [3.05, 3.63) is 29.3 Å². The van der Waals surface area contributed by atoms with E-state index in [4.69, 9.17) is 9.84 Å². The van der Waals surface area contributed by atoms with Gasteiger partial charge in [0.05, 0.1) is 6.61 Å². The Morgan fingerprint density at radius 3 is 2.88 bits per heavy atom. The molecule has 0 spiro atoms. The zero-order chi connectivity index (χ0) is 11.8. The summed E-state index contributed by atoms with van der Waals surface area (Å²) in [5.41, 5.74) is 0.303. The van der Waals surface area contributed by atoms with E-state index < -0.39 is 17.5 Å². The molecule has 3 nitrogen and oxygen atoms in total. The number of aryl methyl sites for hydroxylation is 1. The molecule has 86 valence electrons. The number of carbonyl (C=O) groups is 1. The second-order valence-electron chi connectivity index (χ2n) is 3.65. The molecule has 0 radical (unpaired) electrons. The number of halogens is 2. The van der Waals surface area contributed by atoms with E-state index in [1.54, 1.807) is 0 Å². The summed E-state index contributed by atoms with van der Waals surface area (Å²) in [6.07, 6.45) is 1.62. The Morgan fingerprint density at radius 1 is 1.44 bits per heavy atom. The highest BCUT2D eigenvalue weighted by Gasteiger charge is 2.41. The summed E-state index contributed by atoms with van der Waals surface area (Å²) >= 11 is 0. The van der Waals surface area contributed by atoms with Crippen LogP contribution in [0.2, 0.25) is 0 Å². The highest BCUT2D eigenvalue weighted by atomic mass is 19.3. The molecule has 1 N–H and O–H groups in total. The average Bonchev–Trinajstić information content (AvgIpc) is 2.28. The number of fused-ring (bicyclic) bond motifs is 1. The van der Waals surface area contributed by atoms with Gasteiger partial charge in [-0.25, -0.2) is 4.79 Å². The Bertz CT molecular complexity index is 429. The summed E-state index contributed by atoms with van der Waals surface area (Å²) in [6.45, 7) is 0.481. The van der Waals surface area contributed by atoms with Crippen molar-refractivity contribution in [2.75, 3.05) is 6.61 Å². The highest BCUT2D eigenvalue weighted by Crippen LogP contribution is 2.34. The van der Waals surface area contributed by atoms with Crippen molar-refractivity contribution in [3.63, 3.8) is 0 Å². The quantitative estimate of drug-likeness (QED) is 0.843. The molecule has 0 fully saturated rings. The van der Waals surface area contributed by atoms with E-state index in [1.165, 1.54) is 6.07 Å². The van der Waals surface area contributed by atoms with E-state index in [1.807, 2.05) is 0 Å². The lowest BCUT2D eigenvalue weighted by molar-refractivity contribution is -0.166. The number of benzene rings is 1. The summed E-state index contributed by atoms with van der Waals surface area (Å²) in [4.78, 5) is 10.4. The molecule has 1 aliphatic heterocycles. The van der Waals surface area contributed by atoms with Crippen molar-refractivity contribution < 1.29 is 23.4 Å². The van der Waals surface area contributed by atoms with Crippen molar-refractivity contribution >= 4 is 5.97 Å². The number of carboxylic acids is 1. The van der Waals surface area contributed by atoms with Gasteiger partial charge in [0.2, 0.25) is 0 Å². The molecule has 16 heavy (non-hydrogen) atoms. The summed E-state index contributed by atoms with van der Waals surface area (Å²) in [5.74, 6) is -5.65. The second-order valence-corrected chi connectivity index (χ2v) is 3.65. The molecule has 0 saturated carbocycles. The van der Waals surface area contributed by atoms with Crippen LogP contribution >= 0.6 is 0 Å². The molecule has 1 aromatic carbocycles. The number of ether oxygens (including phenoxy) is 1. The Labute approximate surface area is 90.7 Å². The van der Waals surface area contributed by atoms with Crippen LogP contribution in [0.25, 0.3) is 0 Å². The Hall–Kier alpha value is -1.65. The van der Waals surface area contributed by atoms with E-state index in [0.717, 1.165) is 30.5 Å².